The zero-order valence-corrected chi connectivity index (χ0v) is 17.7. The van der Waals surface area contributed by atoms with Crippen LogP contribution < -0.4 is 13.8 Å². The highest BCUT2D eigenvalue weighted by Crippen LogP contribution is 2.36. The maximum atomic E-state index is 13.5. The van der Waals surface area contributed by atoms with Crippen molar-refractivity contribution in [3.05, 3.63) is 84.4 Å². The summed E-state index contributed by atoms with van der Waals surface area (Å²) in [5.41, 5.74) is 0.740. The Kier molecular flexibility index (Phi) is 6.61. The lowest BCUT2D eigenvalue weighted by Crippen LogP contribution is -2.27. The van der Waals surface area contributed by atoms with Crippen LogP contribution in [0.1, 0.15) is 5.56 Å². The fraction of sp³-hybridized carbons (Fsp3) is 0.0870. The molecule has 160 valence electrons. The molecule has 0 saturated carbocycles. The van der Waals surface area contributed by atoms with Gasteiger partial charge in [0, 0.05) is 13.1 Å². The summed E-state index contributed by atoms with van der Waals surface area (Å²) < 4.78 is 39.2. The monoisotopic (exact) mass is 439 g/mol. The van der Waals surface area contributed by atoms with Crippen LogP contribution in [0.5, 0.6) is 17.2 Å². The Morgan fingerprint density at radius 1 is 0.968 bits per heavy atom. The molecule has 8 heteroatoms. The number of sulfonamides is 1. The summed E-state index contributed by atoms with van der Waals surface area (Å²) in [7, 11) is -1.28. The number of methoxy groups -OCH3 is 1. The Morgan fingerprint density at radius 2 is 1.65 bits per heavy atom. The van der Waals surface area contributed by atoms with Gasteiger partial charge in [0.1, 0.15) is 16.4 Å². The quantitative estimate of drug-likeness (QED) is 0.523. The van der Waals surface area contributed by atoms with Gasteiger partial charge in [0.2, 0.25) is 0 Å². The molecule has 7 nitrogen and oxygen atoms in total. The van der Waals surface area contributed by atoms with E-state index in [2.05, 4.69) is 0 Å². The number of hydrogen-bond acceptors (Lipinski definition) is 5. The third-order valence-electron chi connectivity index (χ3n) is 4.42. The first kappa shape index (κ1) is 21.9. The van der Waals surface area contributed by atoms with Crippen molar-refractivity contribution in [3.8, 4) is 17.2 Å². The van der Waals surface area contributed by atoms with Crippen molar-refractivity contribution in [2.45, 2.75) is 4.90 Å². The lowest BCUT2D eigenvalue weighted by atomic mass is 10.2. The number of aliphatic carboxylic acids is 1. The summed E-state index contributed by atoms with van der Waals surface area (Å²) >= 11 is 0. The average molecular weight is 439 g/mol. The molecule has 0 bridgehead atoms. The topological polar surface area (TPSA) is 93.1 Å². The smallest absolute Gasteiger partial charge is 0.328 e. The molecule has 0 aliphatic rings. The maximum Gasteiger partial charge on any atom is 0.328 e. The number of anilines is 1. The van der Waals surface area contributed by atoms with Gasteiger partial charge in [-0.05, 0) is 48.0 Å². The highest BCUT2D eigenvalue weighted by Gasteiger charge is 2.27. The molecule has 0 fully saturated rings. The first-order valence-corrected chi connectivity index (χ1v) is 10.7. The fourth-order valence-corrected chi connectivity index (χ4v) is 4.26. The lowest BCUT2D eigenvalue weighted by molar-refractivity contribution is -0.131. The average Bonchev–Trinajstić information content (AvgIpc) is 2.78. The lowest BCUT2D eigenvalue weighted by Gasteiger charge is -2.23. The maximum absolute atomic E-state index is 13.5. The summed E-state index contributed by atoms with van der Waals surface area (Å²) in [6.45, 7) is 0. The first-order chi connectivity index (χ1) is 14.8. The summed E-state index contributed by atoms with van der Waals surface area (Å²) in [5.74, 6) is -0.0649. The van der Waals surface area contributed by atoms with E-state index in [1.165, 1.54) is 32.4 Å². The number of para-hydroxylation sites is 3. The molecule has 0 aliphatic carbocycles. The summed E-state index contributed by atoms with van der Waals surface area (Å²) in [5, 5.41) is 8.84. The van der Waals surface area contributed by atoms with E-state index < -0.39 is 16.0 Å². The van der Waals surface area contributed by atoms with Crippen LogP contribution in [0.4, 0.5) is 5.69 Å². The number of carbonyl (C=O) groups is 1. The number of benzene rings is 3. The number of rotatable bonds is 8. The second kappa shape index (κ2) is 9.36. The van der Waals surface area contributed by atoms with Crippen molar-refractivity contribution in [2.75, 3.05) is 18.5 Å². The summed E-state index contributed by atoms with van der Waals surface area (Å²) in [6.07, 6.45) is 2.25. The van der Waals surface area contributed by atoms with E-state index >= 15 is 0 Å². The van der Waals surface area contributed by atoms with Crippen LogP contribution in [0.15, 0.2) is 83.8 Å². The Hall–Kier alpha value is -3.78. The minimum atomic E-state index is -4.06. The van der Waals surface area contributed by atoms with E-state index in [9.17, 15) is 13.2 Å². The van der Waals surface area contributed by atoms with Crippen LogP contribution in [0.3, 0.4) is 0 Å². The predicted molar refractivity (Wildman–Crippen MR) is 118 cm³/mol. The van der Waals surface area contributed by atoms with E-state index in [1.54, 1.807) is 42.5 Å². The molecule has 0 aromatic heterocycles. The van der Waals surface area contributed by atoms with Gasteiger partial charge in [0.15, 0.2) is 5.75 Å². The van der Waals surface area contributed by atoms with Gasteiger partial charge in [-0.25, -0.2) is 13.2 Å². The molecule has 3 rings (SSSR count). The second-order valence-electron chi connectivity index (χ2n) is 6.44. The van der Waals surface area contributed by atoms with Crippen LogP contribution in [0.25, 0.3) is 6.08 Å². The van der Waals surface area contributed by atoms with Gasteiger partial charge >= 0.3 is 5.97 Å². The Morgan fingerprint density at radius 3 is 2.32 bits per heavy atom. The first-order valence-electron chi connectivity index (χ1n) is 9.23. The fourth-order valence-electron chi connectivity index (χ4n) is 2.86. The summed E-state index contributed by atoms with van der Waals surface area (Å²) in [4.78, 5) is 10.7. The van der Waals surface area contributed by atoms with Crippen molar-refractivity contribution in [1.29, 1.82) is 0 Å². The molecular weight excluding hydrogens is 418 g/mol. The second-order valence-corrected chi connectivity index (χ2v) is 8.37. The largest absolute Gasteiger partial charge is 0.495 e. The molecule has 0 atom stereocenters. The highest BCUT2D eigenvalue weighted by molar-refractivity contribution is 7.93. The molecule has 0 aliphatic heterocycles. The van der Waals surface area contributed by atoms with Crippen LogP contribution in [0, 0.1) is 0 Å². The molecule has 0 heterocycles. The van der Waals surface area contributed by atoms with Crippen molar-refractivity contribution in [2.24, 2.45) is 0 Å². The minimum Gasteiger partial charge on any atom is -0.495 e. The molecule has 3 aromatic rings. The zero-order chi connectivity index (χ0) is 22.4. The summed E-state index contributed by atoms with van der Waals surface area (Å²) in [6, 6.07) is 20.2. The molecule has 0 saturated heterocycles. The normalized spacial score (nSPS) is 11.3. The Bertz CT molecular complexity index is 1210. The van der Waals surface area contributed by atoms with Gasteiger partial charge in [0.05, 0.1) is 12.8 Å². The third kappa shape index (κ3) is 5.04. The van der Waals surface area contributed by atoms with E-state index in [4.69, 9.17) is 14.6 Å². The van der Waals surface area contributed by atoms with E-state index in [0.717, 1.165) is 10.4 Å². The molecule has 1 N–H and O–H groups in total. The number of hydrogen-bond donors (Lipinski definition) is 1. The van der Waals surface area contributed by atoms with E-state index in [1.807, 2.05) is 18.2 Å². The van der Waals surface area contributed by atoms with Gasteiger partial charge in [-0.3, -0.25) is 4.31 Å². The van der Waals surface area contributed by atoms with Crippen LogP contribution in [-0.4, -0.2) is 33.7 Å². The number of carboxylic acid groups (broad SMARTS) is 1. The molecule has 31 heavy (non-hydrogen) atoms. The standard InChI is InChI=1S/C23H21NO6S/c1-24(19-10-6-7-11-20(19)30-18-8-4-3-5-9-18)31(27,28)22-16-17(13-15-23(25)26)12-14-21(22)29-2/h3-16H,1-2H3,(H,25,26)/b15-13+. The van der Waals surface area contributed by atoms with Crippen molar-refractivity contribution < 1.29 is 27.8 Å². The molecule has 3 aromatic carbocycles. The Labute approximate surface area is 180 Å². The minimum absolute atomic E-state index is 0.0976. The zero-order valence-electron chi connectivity index (χ0n) is 16.9. The van der Waals surface area contributed by atoms with Gasteiger partial charge in [-0.15, -0.1) is 0 Å². The number of ether oxygens (including phenoxy) is 2. The van der Waals surface area contributed by atoms with Gasteiger partial charge in [-0.2, -0.15) is 0 Å². The SMILES string of the molecule is COc1ccc(/C=C/C(=O)O)cc1S(=O)(=O)N(C)c1ccccc1Oc1ccccc1. The van der Waals surface area contributed by atoms with Crippen LogP contribution >= 0.6 is 0 Å². The van der Waals surface area contributed by atoms with Gasteiger partial charge in [0.25, 0.3) is 10.0 Å². The van der Waals surface area contributed by atoms with Crippen LogP contribution in [0.2, 0.25) is 0 Å². The molecule has 0 amide bonds. The molecule has 0 unspecified atom stereocenters. The number of carboxylic acids is 1. The van der Waals surface area contributed by atoms with Crippen LogP contribution in [-0.2, 0) is 14.8 Å². The molecule has 0 spiro atoms. The third-order valence-corrected chi connectivity index (χ3v) is 6.21. The molecule has 0 radical (unpaired) electrons. The van der Waals surface area contributed by atoms with Gasteiger partial charge in [-0.1, -0.05) is 36.4 Å². The number of nitrogens with zero attached hydrogens (tertiary/aromatic N) is 1. The van der Waals surface area contributed by atoms with Crippen molar-refractivity contribution >= 4 is 27.8 Å². The van der Waals surface area contributed by atoms with Crippen molar-refractivity contribution in [1.82, 2.24) is 0 Å². The molecular formula is C23H21NO6S. The van der Waals surface area contributed by atoms with Crippen molar-refractivity contribution in [3.63, 3.8) is 0 Å². The van der Waals surface area contributed by atoms with E-state index in [-0.39, 0.29) is 10.6 Å². The Balaban J connectivity index is 2.03. The highest BCUT2D eigenvalue weighted by atomic mass is 32.2. The predicted octanol–water partition coefficient (Wildman–Crippen LogP) is 4.41. The van der Waals surface area contributed by atoms with Gasteiger partial charge < -0.3 is 14.6 Å². The van der Waals surface area contributed by atoms with E-state index in [0.29, 0.717) is 22.7 Å².